The molecular formula is C10H8ClNO5. The quantitative estimate of drug-likeness (QED) is 0.387. The summed E-state index contributed by atoms with van der Waals surface area (Å²) in [4.78, 5) is 21.1. The standard InChI is InChI=1S/C10H8ClNO5/c1-2-3-17-10(14)6-4-7(11)9(13)8(5-6)12(15)16/h2,4-5,13H,1,3H2. The van der Waals surface area contributed by atoms with Crippen molar-refractivity contribution in [3.8, 4) is 5.75 Å². The zero-order valence-corrected chi connectivity index (χ0v) is 9.31. The lowest BCUT2D eigenvalue weighted by Gasteiger charge is -2.04. The second kappa shape index (κ2) is 5.31. The summed E-state index contributed by atoms with van der Waals surface area (Å²) >= 11 is 5.56. The molecule has 0 unspecified atom stereocenters. The number of nitro benzene ring substituents is 1. The monoisotopic (exact) mass is 257 g/mol. The first-order chi connectivity index (χ1) is 7.97. The highest BCUT2D eigenvalue weighted by Crippen LogP contribution is 2.34. The van der Waals surface area contributed by atoms with Crippen molar-refractivity contribution in [1.82, 2.24) is 0 Å². The average molecular weight is 258 g/mol. The van der Waals surface area contributed by atoms with Crippen LogP contribution < -0.4 is 0 Å². The van der Waals surface area contributed by atoms with Gasteiger partial charge in [0.05, 0.1) is 15.5 Å². The van der Waals surface area contributed by atoms with E-state index in [1.165, 1.54) is 6.08 Å². The Bertz CT molecular complexity index is 486. The highest BCUT2D eigenvalue weighted by Gasteiger charge is 2.21. The number of benzene rings is 1. The van der Waals surface area contributed by atoms with Crippen LogP contribution in [0.4, 0.5) is 5.69 Å². The fourth-order valence-corrected chi connectivity index (χ4v) is 1.27. The lowest BCUT2D eigenvalue weighted by molar-refractivity contribution is -0.385. The minimum absolute atomic E-state index is 0.0227. The number of carbonyl (C=O) groups is 1. The minimum Gasteiger partial charge on any atom is -0.501 e. The van der Waals surface area contributed by atoms with Crippen molar-refractivity contribution in [2.45, 2.75) is 0 Å². The number of hydrogen-bond donors (Lipinski definition) is 1. The van der Waals surface area contributed by atoms with E-state index in [2.05, 4.69) is 11.3 Å². The molecule has 0 saturated carbocycles. The van der Waals surface area contributed by atoms with E-state index < -0.39 is 22.3 Å². The molecule has 1 aromatic carbocycles. The van der Waals surface area contributed by atoms with Gasteiger partial charge in [-0.1, -0.05) is 24.3 Å². The molecule has 0 aliphatic rings. The average Bonchev–Trinajstić information content (AvgIpc) is 2.28. The summed E-state index contributed by atoms with van der Waals surface area (Å²) in [6.07, 6.45) is 1.36. The number of nitro groups is 1. The molecule has 17 heavy (non-hydrogen) atoms. The van der Waals surface area contributed by atoms with E-state index in [0.29, 0.717) is 0 Å². The molecule has 90 valence electrons. The summed E-state index contributed by atoms with van der Waals surface area (Å²) < 4.78 is 4.69. The number of aromatic hydroxyl groups is 1. The molecule has 0 heterocycles. The van der Waals surface area contributed by atoms with Crippen molar-refractivity contribution in [3.05, 3.63) is 45.5 Å². The van der Waals surface area contributed by atoms with Gasteiger partial charge in [0, 0.05) is 6.07 Å². The fraction of sp³-hybridized carbons (Fsp3) is 0.100. The minimum atomic E-state index is -0.842. The lowest BCUT2D eigenvalue weighted by atomic mass is 10.2. The summed E-state index contributed by atoms with van der Waals surface area (Å²) in [5.41, 5.74) is -0.760. The molecule has 1 aromatic rings. The molecule has 0 radical (unpaired) electrons. The van der Waals surface area contributed by atoms with Gasteiger partial charge in [0.2, 0.25) is 5.75 Å². The Labute approximate surface area is 101 Å². The maximum atomic E-state index is 11.4. The van der Waals surface area contributed by atoms with E-state index in [4.69, 9.17) is 11.6 Å². The Hall–Kier alpha value is -2.08. The first-order valence-electron chi connectivity index (χ1n) is 4.42. The molecule has 0 aliphatic heterocycles. The van der Waals surface area contributed by atoms with E-state index in [0.717, 1.165) is 12.1 Å². The summed E-state index contributed by atoms with van der Waals surface area (Å²) in [6.45, 7) is 3.33. The highest BCUT2D eigenvalue weighted by atomic mass is 35.5. The maximum absolute atomic E-state index is 11.4. The highest BCUT2D eigenvalue weighted by molar-refractivity contribution is 6.32. The van der Waals surface area contributed by atoms with Gasteiger partial charge >= 0.3 is 11.7 Å². The Morgan fingerprint density at radius 2 is 2.29 bits per heavy atom. The molecule has 1 rings (SSSR count). The molecule has 0 saturated heterocycles. The van der Waals surface area contributed by atoms with E-state index in [-0.39, 0.29) is 17.2 Å². The van der Waals surface area contributed by atoms with Gasteiger partial charge < -0.3 is 9.84 Å². The van der Waals surface area contributed by atoms with Crippen molar-refractivity contribution in [2.24, 2.45) is 0 Å². The molecule has 7 heteroatoms. The van der Waals surface area contributed by atoms with Crippen LogP contribution in [0.5, 0.6) is 5.75 Å². The van der Waals surface area contributed by atoms with Crippen molar-refractivity contribution in [3.63, 3.8) is 0 Å². The van der Waals surface area contributed by atoms with Crippen LogP contribution in [0.25, 0.3) is 0 Å². The van der Waals surface area contributed by atoms with Crippen LogP contribution in [-0.2, 0) is 4.74 Å². The van der Waals surface area contributed by atoms with E-state index in [9.17, 15) is 20.0 Å². The van der Waals surface area contributed by atoms with Gasteiger partial charge in [-0.15, -0.1) is 0 Å². The molecule has 0 fully saturated rings. The predicted octanol–water partition coefficient (Wildman–Crippen LogP) is 2.30. The zero-order valence-electron chi connectivity index (χ0n) is 8.55. The smallest absolute Gasteiger partial charge is 0.338 e. The van der Waals surface area contributed by atoms with Crippen molar-refractivity contribution < 1.29 is 19.6 Å². The number of esters is 1. The van der Waals surface area contributed by atoms with Gasteiger partial charge in [-0.25, -0.2) is 4.79 Å². The van der Waals surface area contributed by atoms with Gasteiger partial charge in [-0.05, 0) is 6.07 Å². The van der Waals surface area contributed by atoms with Gasteiger partial charge in [0.15, 0.2) is 0 Å². The van der Waals surface area contributed by atoms with Crippen LogP contribution in [0.2, 0.25) is 5.02 Å². The van der Waals surface area contributed by atoms with E-state index in [1.807, 2.05) is 0 Å². The van der Waals surface area contributed by atoms with E-state index in [1.54, 1.807) is 0 Å². The summed E-state index contributed by atoms with van der Waals surface area (Å²) in [7, 11) is 0. The van der Waals surface area contributed by atoms with E-state index >= 15 is 0 Å². The Balaban J connectivity index is 3.14. The van der Waals surface area contributed by atoms with Gasteiger partial charge in [0.25, 0.3) is 0 Å². The van der Waals surface area contributed by atoms with Crippen LogP contribution in [-0.4, -0.2) is 22.6 Å². The molecule has 0 spiro atoms. The summed E-state index contributed by atoms with van der Waals surface area (Å²) in [5, 5.41) is 19.6. The van der Waals surface area contributed by atoms with Crippen molar-refractivity contribution in [2.75, 3.05) is 6.61 Å². The van der Waals surface area contributed by atoms with Crippen molar-refractivity contribution >= 4 is 23.3 Å². The van der Waals surface area contributed by atoms with Gasteiger partial charge in [-0.3, -0.25) is 10.1 Å². The third-order valence-electron chi connectivity index (χ3n) is 1.81. The molecule has 0 amide bonds. The number of phenols is 1. The number of nitrogens with zero attached hydrogens (tertiary/aromatic N) is 1. The molecule has 6 nitrogen and oxygen atoms in total. The lowest BCUT2D eigenvalue weighted by Crippen LogP contribution is -2.05. The Morgan fingerprint density at radius 1 is 1.65 bits per heavy atom. The first kappa shape index (κ1) is 13.0. The Morgan fingerprint density at radius 3 is 2.82 bits per heavy atom. The summed E-state index contributed by atoms with van der Waals surface area (Å²) in [6, 6.07) is 1.99. The SMILES string of the molecule is C=CCOC(=O)c1cc(Cl)c(O)c([N+](=O)[O-])c1. The molecule has 0 atom stereocenters. The number of carbonyl (C=O) groups excluding carboxylic acids is 1. The molecule has 0 aliphatic carbocycles. The fourth-order valence-electron chi connectivity index (χ4n) is 1.06. The van der Waals surface area contributed by atoms with Crippen LogP contribution in [0.3, 0.4) is 0 Å². The van der Waals surface area contributed by atoms with Crippen LogP contribution >= 0.6 is 11.6 Å². The van der Waals surface area contributed by atoms with Gasteiger partial charge in [-0.2, -0.15) is 0 Å². The molecule has 1 N–H and O–H groups in total. The van der Waals surface area contributed by atoms with Crippen molar-refractivity contribution in [1.29, 1.82) is 0 Å². The zero-order chi connectivity index (χ0) is 13.0. The number of rotatable bonds is 4. The Kier molecular flexibility index (Phi) is 4.06. The molecular weight excluding hydrogens is 250 g/mol. The maximum Gasteiger partial charge on any atom is 0.338 e. The van der Waals surface area contributed by atoms with Crippen LogP contribution in [0.1, 0.15) is 10.4 Å². The number of hydrogen-bond acceptors (Lipinski definition) is 5. The number of ether oxygens (including phenoxy) is 1. The largest absolute Gasteiger partial charge is 0.501 e. The van der Waals surface area contributed by atoms with Crippen LogP contribution in [0.15, 0.2) is 24.8 Å². The second-order valence-electron chi connectivity index (χ2n) is 2.97. The first-order valence-corrected chi connectivity index (χ1v) is 4.80. The van der Waals surface area contributed by atoms with Gasteiger partial charge in [0.1, 0.15) is 6.61 Å². The topological polar surface area (TPSA) is 89.7 Å². The normalized spacial score (nSPS) is 9.71. The predicted molar refractivity (Wildman–Crippen MR) is 60.3 cm³/mol. The molecule has 0 bridgehead atoms. The molecule has 0 aromatic heterocycles. The third kappa shape index (κ3) is 2.94. The number of halogens is 1. The number of phenolic OH excluding ortho intramolecular Hbond substituents is 1. The second-order valence-corrected chi connectivity index (χ2v) is 3.38. The summed E-state index contributed by atoms with van der Waals surface area (Å²) in [5.74, 6) is -1.47. The third-order valence-corrected chi connectivity index (χ3v) is 2.10. The van der Waals surface area contributed by atoms with Crippen LogP contribution in [0, 0.1) is 10.1 Å².